The average molecular weight is 283 g/mol. The SMILES string of the molecule is OC1CC[NH+](Cn2nc3n(c2=S)CCCCC3)CC1. The number of aryl methyl sites for hydroxylation is 1. The maximum absolute atomic E-state index is 9.55. The highest BCUT2D eigenvalue weighted by Crippen LogP contribution is 2.13. The molecule has 1 aromatic heterocycles. The molecule has 1 aromatic rings. The number of piperidine rings is 1. The lowest BCUT2D eigenvalue weighted by Crippen LogP contribution is -3.12. The van der Waals surface area contributed by atoms with Crippen molar-refractivity contribution < 1.29 is 10.0 Å². The second kappa shape index (κ2) is 5.73. The van der Waals surface area contributed by atoms with Crippen LogP contribution in [0.4, 0.5) is 0 Å². The minimum absolute atomic E-state index is 0.101. The van der Waals surface area contributed by atoms with Gasteiger partial charge in [0.15, 0.2) is 6.67 Å². The first kappa shape index (κ1) is 13.3. The van der Waals surface area contributed by atoms with E-state index in [4.69, 9.17) is 17.3 Å². The molecule has 0 spiro atoms. The maximum atomic E-state index is 9.55. The van der Waals surface area contributed by atoms with Crippen molar-refractivity contribution >= 4 is 12.2 Å². The fourth-order valence-electron chi connectivity index (χ4n) is 3.11. The summed E-state index contributed by atoms with van der Waals surface area (Å²) in [5.41, 5.74) is 0. The third-order valence-corrected chi connectivity index (χ3v) is 4.75. The van der Waals surface area contributed by atoms with E-state index in [1.165, 1.54) is 30.0 Å². The first-order chi connectivity index (χ1) is 9.24. The van der Waals surface area contributed by atoms with E-state index in [9.17, 15) is 5.11 Å². The Morgan fingerprint density at radius 1 is 1.26 bits per heavy atom. The number of aliphatic hydroxyl groups is 1. The van der Waals surface area contributed by atoms with Gasteiger partial charge in [0.05, 0.1) is 19.2 Å². The van der Waals surface area contributed by atoms with E-state index in [0.717, 1.165) is 50.3 Å². The van der Waals surface area contributed by atoms with Crippen LogP contribution >= 0.6 is 12.2 Å². The molecule has 0 saturated carbocycles. The predicted octanol–water partition coefficient (Wildman–Crippen LogP) is 0.138. The van der Waals surface area contributed by atoms with Crippen molar-refractivity contribution in [2.24, 2.45) is 0 Å². The summed E-state index contributed by atoms with van der Waals surface area (Å²) in [5.74, 6) is 1.17. The molecule has 1 saturated heterocycles. The molecule has 0 aliphatic carbocycles. The Morgan fingerprint density at radius 3 is 2.84 bits per heavy atom. The van der Waals surface area contributed by atoms with Crippen molar-refractivity contribution in [2.45, 2.75) is 57.8 Å². The zero-order valence-corrected chi connectivity index (χ0v) is 12.2. The van der Waals surface area contributed by atoms with Crippen LogP contribution in [0.3, 0.4) is 0 Å². The summed E-state index contributed by atoms with van der Waals surface area (Å²) < 4.78 is 5.11. The van der Waals surface area contributed by atoms with Gasteiger partial charge in [-0.3, -0.25) is 0 Å². The summed E-state index contributed by atoms with van der Waals surface area (Å²) in [6, 6.07) is 0. The molecule has 106 valence electrons. The number of rotatable bonds is 2. The number of nitrogens with one attached hydrogen (secondary N) is 1. The summed E-state index contributed by atoms with van der Waals surface area (Å²) in [7, 11) is 0. The van der Waals surface area contributed by atoms with Crippen LogP contribution in [0.25, 0.3) is 0 Å². The highest BCUT2D eigenvalue weighted by atomic mass is 32.1. The third kappa shape index (κ3) is 2.90. The highest BCUT2D eigenvalue weighted by Gasteiger charge is 2.22. The van der Waals surface area contributed by atoms with Gasteiger partial charge in [0.2, 0.25) is 4.77 Å². The summed E-state index contributed by atoms with van der Waals surface area (Å²) in [5, 5.41) is 14.3. The molecule has 0 bridgehead atoms. The fourth-order valence-corrected chi connectivity index (χ4v) is 3.41. The molecule has 0 amide bonds. The minimum atomic E-state index is -0.101. The topological polar surface area (TPSA) is 47.4 Å². The predicted molar refractivity (Wildman–Crippen MR) is 74.5 cm³/mol. The number of fused-ring (bicyclic) bond motifs is 1. The molecular formula is C13H23N4OS+. The van der Waals surface area contributed by atoms with Gasteiger partial charge >= 0.3 is 0 Å². The lowest BCUT2D eigenvalue weighted by atomic mass is 10.1. The van der Waals surface area contributed by atoms with Crippen LogP contribution < -0.4 is 4.90 Å². The zero-order valence-electron chi connectivity index (χ0n) is 11.3. The maximum Gasteiger partial charge on any atom is 0.202 e. The van der Waals surface area contributed by atoms with Crippen LogP contribution in [0.5, 0.6) is 0 Å². The molecule has 5 nitrogen and oxygen atoms in total. The Morgan fingerprint density at radius 2 is 2.05 bits per heavy atom. The van der Waals surface area contributed by atoms with Gasteiger partial charge < -0.3 is 14.6 Å². The number of quaternary nitrogens is 1. The van der Waals surface area contributed by atoms with Crippen molar-refractivity contribution in [1.82, 2.24) is 14.3 Å². The van der Waals surface area contributed by atoms with Gasteiger partial charge in [0.1, 0.15) is 5.82 Å². The molecule has 0 aromatic carbocycles. The van der Waals surface area contributed by atoms with E-state index in [-0.39, 0.29) is 6.10 Å². The van der Waals surface area contributed by atoms with Crippen molar-refractivity contribution in [3.63, 3.8) is 0 Å². The van der Waals surface area contributed by atoms with Gasteiger partial charge in [-0.2, -0.15) is 9.78 Å². The second-order valence-corrected chi connectivity index (χ2v) is 6.17. The number of hydrogen-bond acceptors (Lipinski definition) is 3. The van der Waals surface area contributed by atoms with Crippen LogP contribution in [-0.4, -0.2) is 38.6 Å². The Balaban J connectivity index is 1.73. The molecule has 2 N–H and O–H groups in total. The Hall–Kier alpha value is -0.720. The Bertz CT molecular complexity index is 487. The van der Waals surface area contributed by atoms with Crippen LogP contribution in [-0.2, 0) is 19.6 Å². The van der Waals surface area contributed by atoms with E-state index in [1.807, 2.05) is 4.68 Å². The molecule has 0 atom stereocenters. The van der Waals surface area contributed by atoms with Gasteiger partial charge in [0.25, 0.3) is 0 Å². The van der Waals surface area contributed by atoms with Crippen LogP contribution in [0.1, 0.15) is 37.9 Å². The van der Waals surface area contributed by atoms with Crippen molar-refractivity contribution in [1.29, 1.82) is 0 Å². The number of aliphatic hydroxyl groups excluding tert-OH is 1. The molecule has 3 heterocycles. The van der Waals surface area contributed by atoms with Crippen LogP contribution in [0.15, 0.2) is 0 Å². The number of aromatic nitrogens is 3. The molecule has 3 rings (SSSR count). The fraction of sp³-hybridized carbons (Fsp3) is 0.846. The van der Waals surface area contributed by atoms with Gasteiger partial charge in [0, 0.05) is 25.8 Å². The molecule has 0 radical (unpaired) electrons. The normalized spacial score (nSPS) is 27.8. The molecule has 6 heteroatoms. The Labute approximate surface area is 118 Å². The van der Waals surface area contributed by atoms with Crippen LogP contribution in [0, 0.1) is 4.77 Å². The van der Waals surface area contributed by atoms with Crippen molar-refractivity contribution in [3.05, 3.63) is 10.6 Å². The van der Waals surface area contributed by atoms with Crippen LogP contribution in [0.2, 0.25) is 0 Å². The summed E-state index contributed by atoms with van der Waals surface area (Å²) in [4.78, 5) is 1.48. The van der Waals surface area contributed by atoms with Gasteiger partial charge in [-0.25, -0.2) is 0 Å². The van der Waals surface area contributed by atoms with Gasteiger partial charge in [-0.05, 0) is 25.1 Å². The molecule has 2 aliphatic rings. The van der Waals surface area contributed by atoms with Gasteiger partial charge in [-0.15, -0.1) is 0 Å². The number of nitrogens with zero attached hydrogens (tertiary/aromatic N) is 3. The molecule has 1 fully saturated rings. The molecule has 19 heavy (non-hydrogen) atoms. The lowest BCUT2D eigenvalue weighted by molar-refractivity contribution is -0.929. The number of hydrogen-bond donors (Lipinski definition) is 2. The summed E-state index contributed by atoms with van der Waals surface area (Å²) in [6.45, 7) is 3.92. The van der Waals surface area contributed by atoms with E-state index in [2.05, 4.69) is 4.57 Å². The Kier molecular flexibility index (Phi) is 4.00. The minimum Gasteiger partial charge on any atom is -0.393 e. The first-order valence-electron chi connectivity index (χ1n) is 7.42. The largest absolute Gasteiger partial charge is 0.393 e. The standard InChI is InChI=1S/C13H22N4OS/c18-11-5-8-15(9-6-11)10-17-13(19)16-7-3-1-2-4-12(16)14-17/h11,18H,1-10H2/p+1. The lowest BCUT2D eigenvalue weighted by Gasteiger charge is -2.26. The van der Waals surface area contributed by atoms with E-state index in [1.54, 1.807) is 0 Å². The molecular weight excluding hydrogens is 260 g/mol. The van der Waals surface area contributed by atoms with Gasteiger partial charge in [-0.1, -0.05) is 6.42 Å². The first-order valence-corrected chi connectivity index (χ1v) is 7.83. The highest BCUT2D eigenvalue weighted by molar-refractivity contribution is 7.71. The molecule has 2 aliphatic heterocycles. The number of likely N-dealkylation sites (tertiary alicyclic amines) is 1. The van der Waals surface area contributed by atoms with E-state index in [0.29, 0.717) is 0 Å². The zero-order chi connectivity index (χ0) is 13.2. The summed E-state index contributed by atoms with van der Waals surface area (Å²) in [6.07, 6.45) is 6.49. The van der Waals surface area contributed by atoms with E-state index >= 15 is 0 Å². The van der Waals surface area contributed by atoms with Crippen molar-refractivity contribution in [2.75, 3.05) is 13.1 Å². The summed E-state index contributed by atoms with van der Waals surface area (Å²) >= 11 is 5.56. The van der Waals surface area contributed by atoms with Crippen molar-refractivity contribution in [3.8, 4) is 0 Å². The van der Waals surface area contributed by atoms with E-state index < -0.39 is 0 Å². The second-order valence-electron chi connectivity index (χ2n) is 5.80. The monoisotopic (exact) mass is 283 g/mol. The third-order valence-electron chi connectivity index (χ3n) is 4.32. The molecule has 0 unspecified atom stereocenters. The smallest absolute Gasteiger partial charge is 0.202 e. The average Bonchev–Trinajstić information content (AvgIpc) is 2.60. The quantitative estimate of drug-likeness (QED) is 0.759.